The number of carbonyl (C=O) groups is 1. The van der Waals surface area contributed by atoms with Gasteiger partial charge in [-0.1, -0.05) is 23.4 Å². The Morgan fingerprint density at radius 3 is 2.76 bits per heavy atom. The van der Waals surface area contributed by atoms with Crippen molar-refractivity contribution in [3.63, 3.8) is 0 Å². The van der Waals surface area contributed by atoms with Gasteiger partial charge in [-0.15, -0.1) is 0 Å². The Morgan fingerprint density at radius 2 is 2.08 bits per heavy atom. The van der Waals surface area contributed by atoms with Gasteiger partial charge in [-0.2, -0.15) is 10.1 Å². The topological polar surface area (TPSA) is 77.1 Å². The van der Waals surface area contributed by atoms with Crippen LogP contribution >= 0.6 is 0 Å². The molecule has 0 spiro atoms. The van der Waals surface area contributed by atoms with Gasteiger partial charge in [0, 0.05) is 25.2 Å². The summed E-state index contributed by atoms with van der Waals surface area (Å²) >= 11 is 0. The molecule has 0 atom stereocenters. The molecule has 0 fully saturated rings. The van der Waals surface area contributed by atoms with E-state index in [0.29, 0.717) is 24.8 Å². The van der Waals surface area contributed by atoms with Crippen molar-refractivity contribution in [2.45, 2.75) is 33.9 Å². The quantitative estimate of drug-likeness (QED) is 0.714. The molecule has 2 heterocycles. The molecule has 0 aliphatic carbocycles. The van der Waals surface area contributed by atoms with Crippen molar-refractivity contribution in [3.05, 3.63) is 53.2 Å². The fraction of sp³-hybridized carbons (Fsp3) is 0.333. The predicted octanol–water partition coefficient (Wildman–Crippen LogP) is 2.58. The summed E-state index contributed by atoms with van der Waals surface area (Å²) in [6, 6.07) is 10.0. The lowest BCUT2D eigenvalue weighted by atomic mass is 10.1. The molecule has 0 radical (unpaired) electrons. The van der Waals surface area contributed by atoms with Crippen LogP contribution in [0.1, 0.15) is 29.8 Å². The van der Waals surface area contributed by atoms with Crippen LogP contribution in [0.15, 0.2) is 34.9 Å². The second-order valence-corrected chi connectivity index (χ2v) is 6.17. The second kappa shape index (κ2) is 6.88. The van der Waals surface area contributed by atoms with E-state index >= 15 is 0 Å². The van der Waals surface area contributed by atoms with Crippen LogP contribution in [-0.2, 0) is 17.9 Å². The molecule has 2 aromatic heterocycles. The van der Waals surface area contributed by atoms with Crippen LogP contribution < -0.4 is 0 Å². The summed E-state index contributed by atoms with van der Waals surface area (Å²) in [6.45, 7) is 6.51. The Morgan fingerprint density at radius 1 is 1.28 bits per heavy atom. The second-order valence-electron chi connectivity index (χ2n) is 6.17. The largest absolute Gasteiger partial charge is 0.337 e. The first-order valence-electron chi connectivity index (χ1n) is 8.07. The van der Waals surface area contributed by atoms with Crippen LogP contribution in [0.25, 0.3) is 11.4 Å². The van der Waals surface area contributed by atoms with Crippen molar-refractivity contribution in [2.24, 2.45) is 0 Å². The molecule has 0 aliphatic heterocycles. The number of carbonyl (C=O) groups excluding carboxylic acids is 1. The molecule has 0 saturated carbocycles. The normalized spacial score (nSPS) is 10.9. The van der Waals surface area contributed by atoms with Crippen molar-refractivity contribution in [2.75, 3.05) is 7.05 Å². The first kappa shape index (κ1) is 16.9. The lowest BCUT2D eigenvalue weighted by Crippen LogP contribution is -2.23. The molecule has 3 aromatic rings. The van der Waals surface area contributed by atoms with E-state index in [1.165, 1.54) is 11.8 Å². The van der Waals surface area contributed by atoms with Gasteiger partial charge in [0.1, 0.15) is 0 Å². The molecule has 7 heteroatoms. The van der Waals surface area contributed by atoms with E-state index in [1.54, 1.807) is 7.05 Å². The molecule has 25 heavy (non-hydrogen) atoms. The molecular weight excluding hydrogens is 318 g/mol. The molecule has 3 rings (SSSR count). The fourth-order valence-corrected chi connectivity index (χ4v) is 2.57. The Labute approximate surface area is 146 Å². The standard InChI is InChI=1S/C18H21N5O2/c1-12-8-13(2)23(20-12)10-15-6-5-7-16(9-15)18-19-17(25-21-18)11-22(4)14(3)24/h5-9H,10-11H2,1-4H3. The lowest BCUT2D eigenvalue weighted by Gasteiger charge is -2.10. The molecule has 1 aromatic carbocycles. The van der Waals surface area contributed by atoms with Crippen LogP contribution in [0.4, 0.5) is 0 Å². The van der Waals surface area contributed by atoms with Gasteiger partial charge < -0.3 is 9.42 Å². The van der Waals surface area contributed by atoms with E-state index < -0.39 is 0 Å². The van der Waals surface area contributed by atoms with Gasteiger partial charge in [-0.05, 0) is 31.5 Å². The lowest BCUT2D eigenvalue weighted by molar-refractivity contribution is -0.128. The summed E-state index contributed by atoms with van der Waals surface area (Å²) in [5, 5.41) is 8.51. The van der Waals surface area contributed by atoms with Gasteiger partial charge in [-0.3, -0.25) is 9.48 Å². The van der Waals surface area contributed by atoms with Crippen LogP contribution in [-0.4, -0.2) is 37.8 Å². The summed E-state index contributed by atoms with van der Waals surface area (Å²) in [5.74, 6) is 0.880. The minimum absolute atomic E-state index is 0.0494. The molecule has 0 saturated heterocycles. The number of aryl methyl sites for hydroxylation is 2. The molecule has 0 unspecified atom stereocenters. The zero-order valence-corrected chi connectivity index (χ0v) is 14.9. The SMILES string of the molecule is CC(=O)N(C)Cc1nc(-c2cccc(Cn3nc(C)cc3C)c2)no1. The van der Waals surface area contributed by atoms with Crippen LogP contribution in [0.2, 0.25) is 0 Å². The molecule has 0 N–H and O–H groups in total. The summed E-state index contributed by atoms with van der Waals surface area (Å²) in [6.07, 6.45) is 0. The highest BCUT2D eigenvalue weighted by atomic mass is 16.5. The first-order valence-corrected chi connectivity index (χ1v) is 8.07. The van der Waals surface area contributed by atoms with Crippen molar-refractivity contribution in [1.29, 1.82) is 0 Å². The number of benzene rings is 1. The van der Waals surface area contributed by atoms with Crippen molar-refractivity contribution >= 4 is 5.91 Å². The Balaban J connectivity index is 1.78. The van der Waals surface area contributed by atoms with E-state index in [4.69, 9.17) is 4.52 Å². The highest BCUT2D eigenvalue weighted by Gasteiger charge is 2.13. The maximum absolute atomic E-state index is 11.3. The zero-order chi connectivity index (χ0) is 18.0. The van der Waals surface area contributed by atoms with Crippen LogP contribution in [0.5, 0.6) is 0 Å². The molecule has 1 amide bonds. The molecule has 7 nitrogen and oxygen atoms in total. The van der Waals surface area contributed by atoms with Gasteiger partial charge in [0.05, 0.1) is 18.8 Å². The van der Waals surface area contributed by atoms with Gasteiger partial charge >= 0.3 is 0 Å². The maximum atomic E-state index is 11.3. The first-order chi connectivity index (χ1) is 11.9. The molecule has 0 bridgehead atoms. The van der Waals surface area contributed by atoms with E-state index in [9.17, 15) is 4.79 Å². The Kier molecular flexibility index (Phi) is 4.65. The Hall–Kier alpha value is -2.96. The Bertz CT molecular complexity index is 897. The summed E-state index contributed by atoms with van der Waals surface area (Å²) < 4.78 is 7.22. The van der Waals surface area contributed by atoms with Gasteiger partial charge in [-0.25, -0.2) is 0 Å². The van der Waals surface area contributed by atoms with Gasteiger partial charge in [0.2, 0.25) is 17.6 Å². The van der Waals surface area contributed by atoms with Crippen molar-refractivity contribution in [1.82, 2.24) is 24.8 Å². The monoisotopic (exact) mass is 339 g/mol. The minimum atomic E-state index is -0.0494. The third-order valence-corrected chi connectivity index (χ3v) is 4.00. The number of rotatable bonds is 5. The third kappa shape index (κ3) is 3.93. The van der Waals surface area contributed by atoms with E-state index in [0.717, 1.165) is 22.5 Å². The summed E-state index contributed by atoms with van der Waals surface area (Å²) in [4.78, 5) is 17.2. The van der Waals surface area contributed by atoms with Gasteiger partial charge in [0.15, 0.2) is 0 Å². The zero-order valence-electron chi connectivity index (χ0n) is 14.9. The van der Waals surface area contributed by atoms with Crippen molar-refractivity contribution < 1.29 is 9.32 Å². The molecule has 130 valence electrons. The smallest absolute Gasteiger partial charge is 0.246 e. The van der Waals surface area contributed by atoms with E-state index in [1.807, 2.05) is 42.8 Å². The number of nitrogens with zero attached hydrogens (tertiary/aromatic N) is 5. The van der Waals surface area contributed by atoms with Crippen LogP contribution in [0.3, 0.4) is 0 Å². The summed E-state index contributed by atoms with van der Waals surface area (Å²) in [7, 11) is 1.70. The molecular formula is C18H21N5O2. The van der Waals surface area contributed by atoms with E-state index in [2.05, 4.69) is 21.3 Å². The number of hydrogen-bond acceptors (Lipinski definition) is 5. The van der Waals surface area contributed by atoms with Crippen molar-refractivity contribution in [3.8, 4) is 11.4 Å². The predicted molar refractivity (Wildman–Crippen MR) is 92.7 cm³/mol. The number of hydrogen-bond donors (Lipinski definition) is 0. The fourth-order valence-electron chi connectivity index (χ4n) is 2.57. The highest BCUT2D eigenvalue weighted by molar-refractivity contribution is 5.72. The number of aromatic nitrogens is 4. The highest BCUT2D eigenvalue weighted by Crippen LogP contribution is 2.19. The average molecular weight is 339 g/mol. The van der Waals surface area contributed by atoms with Gasteiger partial charge in [0.25, 0.3) is 0 Å². The van der Waals surface area contributed by atoms with Crippen LogP contribution in [0, 0.1) is 13.8 Å². The maximum Gasteiger partial charge on any atom is 0.246 e. The third-order valence-electron chi connectivity index (χ3n) is 4.00. The molecule has 0 aliphatic rings. The average Bonchev–Trinajstić information content (AvgIpc) is 3.14. The summed E-state index contributed by atoms with van der Waals surface area (Å²) in [5.41, 5.74) is 4.11. The minimum Gasteiger partial charge on any atom is -0.337 e. The number of amides is 1. The van der Waals surface area contributed by atoms with E-state index in [-0.39, 0.29) is 5.91 Å².